The van der Waals surface area contributed by atoms with Gasteiger partial charge in [0.15, 0.2) is 5.03 Å². The van der Waals surface area contributed by atoms with E-state index >= 15 is 0 Å². The summed E-state index contributed by atoms with van der Waals surface area (Å²) in [7, 11) is 1.39. The van der Waals surface area contributed by atoms with Gasteiger partial charge in [-0.3, -0.25) is 0 Å². The average molecular weight is 279 g/mol. The van der Waals surface area contributed by atoms with Crippen molar-refractivity contribution in [2.75, 3.05) is 0 Å². The van der Waals surface area contributed by atoms with Crippen LogP contribution < -0.4 is 0 Å². The molecule has 0 bridgehead atoms. The van der Waals surface area contributed by atoms with Crippen LogP contribution in [0.4, 0.5) is 0 Å². The summed E-state index contributed by atoms with van der Waals surface area (Å²) in [6.07, 6.45) is 0. The molecule has 2 rings (SSSR count). The highest BCUT2D eigenvalue weighted by Crippen LogP contribution is 2.20. The van der Waals surface area contributed by atoms with E-state index in [4.69, 9.17) is 15.9 Å². The Kier molecular flexibility index (Phi) is 3.32. The number of rotatable bonds is 2. The van der Waals surface area contributed by atoms with Gasteiger partial charge in [0, 0.05) is 16.2 Å². The highest BCUT2D eigenvalue weighted by molar-refractivity contribution is 8.13. The third kappa shape index (κ3) is 2.67. The molecule has 2 aromatic rings. The number of nitrogens with zero attached hydrogens (tertiary/aromatic N) is 2. The molecular formula is C12H7ClN2O2S. The number of pyridine rings is 1. The number of hydrogen-bond donors (Lipinski definition) is 0. The van der Waals surface area contributed by atoms with E-state index in [1.54, 1.807) is 36.4 Å². The van der Waals surface area contributed by atoms with Gasteiger partial charge in [0.2, 0.25) is 0 Å². The number of hydrogen-bond acceptors (Lipinski definition) is 4. The topological polar surface area (TPSA) is 70.8 Å². The van der Waals surface area contributed by atoms with Crippen molar-refractivity contribution in [1.82, 2.24) is 4.98 Å². The Morgan fingerprint density at radius 2 is 1.78 bits per heavy atom. The van der Waals surface area contributed by atoms with Gasteiger partial charge in [-0.25, -0.2) is 13.4 Å². The SMILES string of the molecule is N#Cc1ccc(-c2cccc(S(=O)(=O)Cl)n2)cc1. The molecule has 0 fully saturated rings. The van der Waals surface area contributed by atoms with E-state index in [0.29, 0.717) is 11.3 Å². The van der Waals surface area contributed by atoms with Crippen molar-refractivity contribution in [3.63, 3.8) is 0 Å². The third-order valence-electron chi connectivity index (χ3n) is 2.28. The second-order valence-electron chi connectivity index (χ2n) is 3.49. The molecule has 90 valence electrons. The lowest BCUT2D eigenvalue weighted by molar-refractivity contribution is 0.606. The van der Waals surface area contributed by atoms with Crippen LogP contribution in [0.1, 0.15) is 5.56 Å². The van der Waals surface area contributed by atoms with E-state index in [1.165, 1.54) is 6.07 Å². The molecule has 18 heavy (non-hydrogen) atoms. The van der Waals surface area contributed by atoms with Gasteiger partial charge in [0.05, 0.1) is 17.3 Å². The Labute approximate surface area is 109 Å². The molecule has 0 unspecified atom stereocenters. The predicted octanol–water partition coefficient (Wildman–Crippen LogP) is 2.55. The maximum absolute atomic E-state index is 11.2. The summed E-state index contributed by atoms with van der Waals surface area (Å²) >= 11 is 0. The highest BCUT2D eigenvalue weighted by Gasteiger charge is 2.12. The van der Waals surface area contributed by atoms with Crippen LogP contribution in [0, 0.1) is 11.3 Å². The van der Waals surface area contributed by atoms with Crippen LogP contribution in [0.3, 0.4) is 0 Å². The van der Waals surface area contributed by atoms with E-state index in [2.05, 4.69) is 4.98 Å². The van der Waals surface area contributed by atoms with Gasteiger partial charge in [-0.05, 0) is 24.3 Å². The van der Waals surface area contributed by atoms with Crippen molar-refractivity contribution in [3.8, 4) is 17.3 Å². The van der Waals surface area contributed by atoms with Crippen LogP contribution in [-0.4, -0.2) is 13.4 Å². The molecule has 0 saturated carbocycles. The minimum Gasteiger partial charge on any atom is -0.235 e. The van der Waals surface area contributed by atoms with E-state index in [-0.39, 0.29) is 5.03 Å². The summed E-state index contributed by atoms with van der Waals surface area (Å²) in [5.41, 5.74) is 1.73. The molecule has 0 aliphatic heterocycles. The molecule has 0 spiro atoms. The highest BCUT2D eigenvalue weighted by atomic mass is 35.7. The monoisotopic (exact) mass is 278 g/mol. The molecular weight excluding hydrogens is 272 g/mol. The van der Waals surface area contributed by atoms with Gasteiger partial charge in [-0.15, -0.1) is 0 Å². The molecule has 0 amide bonds. The summed E-state index contributed by atoms with van der Waals surface area (Å²) in [5.74, 6) is 0. The van der Waals surface area contributed by atoms with Gasteiger partial charge in [-0.2, -0.15) is 5.26 Å². The molecule has 6 heteroatoms. The zero-order valence-corrected chi connectivity index (χ0v) is 10.6. The summed E-state index contributed by atoms with van der Waals surface area (Å²) in [5, 5.41) is 8.50. The summed E-state index contributed by atoms with van der Waals surface area (Å²) in [4.78, 5) is 3.97. The molecule has 0 N–H and O–H groups in total. The maximum Gasteiger partial charge on any atom is 0.278 e. The van der Waals surface area contributed by atoms with Crippen molar-refractivity contribution in [3.05, 3.63) is 48.0 Å². The lowest BCUT2D eigenvalue weighted by atomic mass is 10.1. The van der Waals surface area contributed by atoms with Crippen molar-refractivity contribution in [2.24, 2.45) is 0 Å². The van der Waals surface area contributed by atoms with Gasteiger partial charge in [0.1, 0.15) is 0 Å². The van der Waals surface area contributed by atoms with Crippen LogP contribution in [0.5, 0.6) is 0 Å². The first kappa shape index (κ1) is 12.6. The van der Waals surface area contributed by atoms with E-state index in [1.807, 2.05) is 6.07 Å². The second kappa shape index (κ2) is 4.77. The number of halogens is 1. The van der Waals surface area contributed by atoms with E-state index in [0.717, 1.165) is 5.56 Å². The average Bonchev–Trinajstić information content (AvgIpc) is 2.38. The quantitative estimate of drug-likeness (QED) is 0.792. The Morgan fingerprint density at radius 1 is 1.11 bits per heavy atom. The van der Waals surface area contributed by atoms with Crippen molar-refractivity contribution in [2.45, 2.75) is 5.03 Å². The second-order valence-corrected chi connectivity index (χ2v) is 6.00. The minimum absolute atomic E-state index is 0.189. The smallest absolute Gasteiger partial charge is 0.235 e. The van der Waals surface area contributed by atoms with Crippen LogP contribution in [0.15, 0.2) is 47.5 Å². The number of aromatic nitrogens is 1. The van der Waals surface area contributed by atoms with Crippen LogP contribution in [0.2, 0.25) is 0 Å². The van der Waals surface area contributed by atoms with Gasteiger partial charge in [-0.1, -0.05) is 18.2 Å². The Bertz CT molecular complexity index is 718. The van der Waals surface area contributed by atoms with E-state index < -0.39 is 9.05 Å². The summed E-state index contributed by atoms with van der Waals surface area (Å²) in [6.45, 7) is 0. The number of benzene rings is 1. The maximum atomic E-state index is 11.2. The fraction of sp³-hybridized carbons (Fsp3) is 0. The van der Waals surface area contributed by atoms with Gasteiger partial charge in [0.25, 0.3) is 9.05 Å². The first-order valence-electron chi connectivity index (χ1n) is 4.93. The molecule has 1 aromatic heterocycles. The normalized spacial score (nSPS) is 10.9. The Hall–Kier alpha value is -1.90. The largest absolute Gasteiger partial charge is 0.278 e. The molecule has 0 aliphatic rings. The summed E-state index contributed by atoms with van der Waals surface area (Å²) < 4.78 is 22.4. The van der Waals surface area contributed by atoms with Crippen LogP contribution in [-0.2, 0) is 9.05 Å². The Balaban J connectivity index is 2.48. The first-order chi connectivity index (χ1) is 8.50. The zero-order chi connectivity index (χ0) is 13.2. The molecule has 1 heterocycles. The van der Waals surface area contributed by atoms with Crippen molar-refractivity contribution >= 4 is 19.7 Å². The molecule has 0 saturated heterocycles. The molecule has 1 aromatic carbocycles. The molecule has 0 aliphatic carbocycles. The number of nitriles is 1. The fourth-order valence-electron chi connectivity index (χ4n) is 1.43. The Morgan fingerprint density at radius 3 is 2.33 bits per heavy atom. The minimum atomic E-state index is -3.84. The van der Waals surface area contributed by atoms with Gasteiger partial charge < -0.3 is 0 Å². The summed E-state index contributed by atoms with van der Waals surface area (Å²) in [6, 6.07) is 13.2. The molecule has 0 atom stereocenters. The van der Waals surface area contributed by atoms with Crippen molar-refractivity contribution in [1.29, 1.82) is 5.26 Å². The standard InChI is InChI=1S/C12H7ClN2O2S/c13-18(16,17)12-3-1-2-11(15-12)10-6-4-9(8-14)5-7-10/h1-7H. The lowest BCUT2D eigenvalue weighted by Gasteiger charge is -2.02. The molecule has 0 radical (unpaired) electrons. The van der Waals surface area contributed by atoms with Gasteiger partial charge >= 0.3 is 0 Å². The van der Waals surface area contributed by atoms with E-state index in [9.17, 15) is 8.42 Å². The van der Waals surface area contributed by atoms with Crippen LogP contribution in [0.25, 0.3) is 11.3 Å². The first-order valence-corrected chi connectivity index (χ1v) is 7.24. The molecule has 4 nitrogen and oxygen atoms in total. The lowest BCUT2D eigenvalue weighted by Crippen LogP contribution is -1.96. The fourth-order valence-corrected chi connectivity index (χ4v) is 2.13. The van der Waals surface area contributed by atoms with Crippen molar-refractivity contribution < 1.29 is 8.42 Å². The third-order valence-corrected chi connectivity index (χ3v) is 3.48. The zero-order valence-electron chi connectivity index (χ0n) is 9.04. The van der Waals surface area contributed by atoms with Crippen LogP contribution >= 0.6 is 10.7 Å². The predicted molar refractivity (Wildman–Crippen MR) is 67.4 cm³/mol.